The van der Waals surface area contributed by atoms with E-state index in [1.165, 1.54) is 7.05 Å². The van der Waals surface area contributed by atoms with Gasteiger partial charge in [0, 0.05) is 32.7 Å². The summed E-state index contributed by atoms with van der Waals surface area (Å²) in [7, 11) is 3.45. The Morgan fingerprint density at radius 3 is 2.33 bits per heavy atom. The van der Waals surface area contributed by atoms with Crippen molar-refractivity contribution in [2.24, 2.45) is 0 Å². The maximum atomic E-state index is 12.1. The van der Waals surface area contributed by atoms with Crippen LogP contribution in [0.1, 0.15) is 0 Å². The van der Waals surface area contributed by atoms with Crippen molar-refractivity contribution in [3.63, 3.8) is 0 Å². The number of nitrogens with zero attached hydrogens (tertiary/aromatic N) is 2. The maximum absolute atomic E-state index is 12.1. The molecule has 0 aromatic heterocycles. The summed E-state index contributed by atoms with van der Waals surface area (Å²) in [6.45, 7) is 3.45. The van der Waals surface area contributed by atoms with E-state index >= 15 is 0 Å². The van der Waals surface area contributed by atoms with Crippen LogP contribution in [0.25, 0.3) is 0 Å². The van der Waals surface area contributed by atoms with Gasteiger partial charge in [-0.3, -0.25) is 10.2 Å². The molecular formula is C10H18F3N3O2. The monoisotopic (exact) mass is 269 g/mol. The smallest absolute Gasteiger partial charge is 0.439 e. The largest absolute Gasteiger partial charge is 0.490 e. The number of carbonyl (C=O) groups excluding carboxylic acids is 1. The van der Waals surface area contributed by atoms with Crippen LogP contribution in [0.4, 0.5) is 13.2 Å². The Hall–Kier alpha value is -0.860. The van der Waals surface area contributed by atoms with Gasteiger partial charge in [-0.2, -0.15) is 13.2 Å². The van der Waals surface area contributed by atoms with Gasteiger partial charge in [-0.15, -0.1) is 0 Å². The predicted octanol–water partition coefficient (Wildman–Crippen LogP) is -0.115. The Morgan fingerprint density at radius 1 is 1.33 bits per heavy atom. The molecule has 1 saturated heterocycles. The lowest BCUT2D eigenvalue weighted by molar-refractivity contribution is -0.206. The second-order valence-electron chi connectivity index (χ2n) is 4.28. The van der Waals surface area contributed by atoms with E-state index in [1.54, 1.807) is 0 Å². The lowest BCUT2D eigenvalue weighted by Gasteiger charge is -2.34. The molecule has 1 unspecified atom stereocenters. The molecule has 0 spiro atoms. The SMILES string of the molecule is CNC(CN1CCN(C)CC1)OC(=O)C(F)(F)F. The van der Waals surface area contributed by atoms with Gasteiger partial charge in [-0.05, 0) is 14.1 Å². The number of hydrogen-bond acceptors (Lipinski definition) is 5. The van der Waals surface area contributed by atoms with Gasteiger partial charge in [0.15, 0.2) is 6.23 Å². The van der Waals surface area contributed by atoms with Gasteiger partial charge >= 0.3 is 12.1 Å². The molecule has 1 aliphatic heterocycles. The molecule has 1 heterocycles. The number of alkyl halides is 3. The van der Waals surface area contributed by atoms with Crippen molar-refractivity contribution in [1.29, 1.82) is 0 Å². The van der Waals surface area contributed by atoms with Crippen molar-refractivity contribution >= 4 is 5.97 Å². The van der Waals surface area contributed by atoms with Crippen molar-refractivity contribution in [3.8, 4) is 0 Å². The zero-order valence-corrected chi connectivity index (χ0v) is 10.5. The van der Waals surface area contributed by atoms with Crippen LogP contribution in [0.2, 0.25) is 0 Å². The van der Waals surface area contributed by atoms with Crippen LogP contribution in [0.3, 0.4) is 0 Å². The average molecular weight is 269 g/mol. The molecule has 0 bridgehead atoms. The van der Waals surface area contributed by atoms with Gasteiger partial charge in [-0.25, -0.2) is 4.79 Å². The summed E-state index contributed by atoms with van der Waals surface area (Å²) in [5, 5.41) is 2.57. The summed E-state index contributed by atoms with van der Waals surface area (Å²) in [5.41, 5.74) is 0. The van der Waals surface area contributed by atoms with Crippen LogP contribution in [0, 0.1) is 0 Å². The zero-order valence-electron chi connectivity index (χ0n) is 10.5. The number of halogens is 3. The molecule has 1 aliphatic rings. The molecular weight excluding hydrogens is 251 g/mol. The first-order valence-corrected chi connectivity index (χ1v) is 5.69. The zero-order chi connectivity index (χ0) is 13.8. The van der Waals surface area contributed by atoms with E-state index < -0.39 is 18.4 Å². The van der Waals surface area contributed by atoms with Crippen LogP contribution in [-0.2, 0) is 9.53 Å². The predicted molar refractivity (Wildman–Crippen MR) is 58.9 cm³/mol. The fourth-order valence-electron chi connectivity index (χ4n) is 1.65. The van der Waals surface area contributed by atoms with Crippen LogP contribution in [0.5, 0.6) is 0 Å². The molecule has 0 amide bonds. The second kappa shape index (κ2) is 6.35. The Morgan fingerprint density at radius 2 is 1.89 bits per heavy atom. The Kier molecular flexibility index (Phi) is 5.36. The lowest BCUT2D eigenvalue weighted by Crippen LogP contribution is -2.50. The third-order valence-electron chi connectivity index (χ3n) is 2.82. The Labute approximate surface area is 104 Å². The highest BCUT2D eigenvalue weighted by Gasteiger charge is 2.42. The van der Waals surface area contributed by atoms with E-state index in [0.717, 1.165) is 26.2 Å². The lowest BCUT2D eigenvalue weighted by atomic mass is 10.3. The summed E-state index contributed by atoms with van der Waals surface area (Å²) in [6, 6.07) is 0. The number of carbonyl (C=O) groups is 1. The van der Waals surface area contributed by atoms with Crippen LogP contribution in [-0.4, -0.2) is 75.0 Å². The molecule has 18 heavy (non-hydrogen) atoms. The minimum atomic E-state index is -4.95. The standard InChI is InChI=1S/C10H18F3N3O2/c1-14-8(18-9(17)10(11,12)13)7-16-5-3-15(2)4-6-16/h8,14H,3-7H2,1-2H3. The first-order valence-electron chi connectivity index (χ1n) is 5.69. The molecule has 8 heteroatoms. The molecule has 1 rings (SSSR count). The fourth-order valence-corrected chi connectivity index (χ4v) is 1.65. The van der Waals surface area contributed by atoms with Gasteiger partial charge < -0.3 is 9.64 Å². The van der Waals surface area contributed by atoms with Crippen molar-refractivity contribution < 1.29 is 22.7 Å². The number of hydrogen-bond donors (Lipinski definition) is 1. The second-order valence-corrected chi connectivity index (χ2v) is 4.28. The average Bonchev–Trinajstić information content (AvgIpc) is 2.29. The van der Waals surface area contributed by atoms with Gasteiger partial charge in [0.25, 0.3) is 0 Å². The number of likely N-dealkylation sites (N-methyl/N-ethyl adjacent to an activating group) is 2. The Balaban J connectivity index is 2.40. The van der Waals surface area contributed by atoms with Crippen LogP contribution in [0.15, 0.2) is 0 Å². The Bertz CT molecular complexity index is 278. The third-order valence-corrected chi connectivity index (χ3v) is 2.82. The van der Waals surface area contributed by atoms with Crippen molar-refractivity contribution in [2.75, 3.05) is 46.8 Å². The highest BCUT2D eigenvalue weighted by molar-refractivity contribution is 5.75. The number of esters is 1. The highest BCUT2D eigenvalue weighted by atomic mass is 19.4. The molecule has 106 valence electrons. The minimum Gasteiger partial charge on any atom is -0.439 e. The van der Waals surface area contributed by atoms with Crippen molar-refractivity contribution in [1.82, 2.24) is 15.1 Å². The summed E-state index contributed by atoms with van der Waals surface area (Å²) < 4.78 is 40.5. The highest BCUT2D eigenvalue weighted by Crippen LogP contribution is 2.17. The first kappa shape index (κ1) is 15.2. The summed E-state index contributed by atoms with van der Waals surface area (Å²) in [4.78, 5) is 14.8. The van der Waals surface area contributed by atoms with E-state index in [4.69, 9.17) is 0 Å². The van der Waals surface area contributed by atoms with Crippen LogP contribution < -0.4 is 5.32 Å². The van der Waals surface area contributed by atoms with Crippen molar-refractivity contribution in [2.45, 2.75) is 12.4 Å². The fraction of sp³-hybridized carbons (Fsp3) is 0.900. The topological polar surface area (TPSA) is 44.8 Å². The maximum Gasteiger partial charge on any atom is 0.490 e. The van der Waals surface area contributed by atoms with Gasteiger partial charge in [0.2, 0.25) is 0 Å². The van der Waals surface area contributed by atoms with E-state index in [-0.39, 0.29) is 6.54 Å². The van der Waals surface area contributed by atoms with E-state index in [0.29, 0.717) is 0 Å². The van der Waals surface area contributed by atoms with E-state index in [2.05, 4.69) is 15.0 Å². The summed E-state index contributed by atoms with van der Waals surface area (Å²) in [5.74, 6) is -2.16. The normalized spacial score (nSPS) is 20.7. The van der Waals surface area contributed by atoms with E-state index in [9.17, 15) is 18.0 Å². The molecule has 5 nitrogen and oxygen atoms in total. The third kappa shape index (κ3) is 4.79. The minimum absolute atomic E-state index is 0.256. The molecule has 0 radical (unpaired) electrons. The molecule has 0 aromatic carbocycles. The van der Waals surface area contributed by atoms with Gasteiger partial charge in [0.1, 0.15) is 0 Å². The number of piperazine rings is 1. The number of rotatable bonds is 4. The first-order chi connectivity index (χ1) is 8.32. The van der Waals surface area contributed by atoms with Gasteiger partial charge in [-0.1, -0.05) is 0 Å². The van der Waals surface area contributed by atoms with E-state index in [1.807, 2.05) is 11.9 Å². The summed E-state index contributed by atoms with van der Waals surface area (Å²) >= 11 is 0. The molecule has 1 N–H and O–H groups in total. The van der Waals surface area contributed by atoms with Crippen molar-refractivity contribution in [3.05, 3.63) is 0 Å². The molecule has 1 atom stereocenters. The molecule has 0 aliphatic carbocycles. The summed E-state index contributed by atoms with van der Waals surface area (Å²) in [6.07, 6.45) is -5.89. The number of nitrogens with one attached hydrogen (secondary N) is 1. The number of ether oxygens (including phenoxy) is 1. The molecule has 1 fully saturated rings. The van der Waals surface area contributed by atoms with Crippen LogP contribution >= 0.6 is 0 Å². The quantitative estimate of drug-likeness (QED) is 0.570. The molecule has 0 saturated carbocycles. The molecule has 0 aromatic rings. The van der Waals surface area contributed by atoms with Gasteiger partial charge in [0.05, 0.1) is 0 Å².